The molecule has 0 radical (unpaired) electrons. The average molecular weight is 412 g/mol. The molecule has 0 aliphatic rings. The van der Waals surface area contributed by atoms with Crippen LogP contribution in [0.15, 0.2) is 58.8 Å². The van der Waals surface area contributed by atoms with Gasteiger partial charge in [0.05, 0.1) is 21.1 Å². The van der Waals surface area contributed by atoms with E-state index in [-0.39, 0.29) is 22.7 Å². The summed E-state index contributed by atoms with van der Waals surface area (Å²) in [5, 5.41) is 24.8. The number of aryl methyl sites for hydroxylation is 1. The predicted octanol–water partition coefficient (Wildman–Crippen LogP) is 2.49. The van der Waals surface area contributed by atoms with E-state index in [0.29, 0.717) is 15.7 Å². The number of nitrogens with zero attached hydrogens (tertiary/aromatic N) is 4. The van der Waals surface area contributed by atoms with Gasteiger partial charge in [-0.1, -0.05) is 12.1 Å². The lowest BCUT2D eigenvalue weighted by atomic mass is 10.1. The van der Waals surface area contributed by atoms with Crippen LogP contribution in [-0.4, -0.2) is 38.5 Å². The maximum absolute atomic E-state index is 12.6. The first kappa shape index (κ1) is 20.0. The van der Waals surface area contributed by atoms with Crippen molar-refractivity contribution in [1.29, 1.82) is 0 Å². The van der Waals surface area contributed by atoms with Crippen molar-refractivity contribution in [2.45, 2.75) is 10.1 Å². The Hall–Kier alpha value is -3.73. The first-order chi connectivity index (χ1) is 13.9. The molecule has 0 fully saturated rings. The maximum atomic E-state index is 12.6. The van der Waals surface area contributed by atoms with E-state index in [1.165, 1.54) is 31.6 Å². The predicted molar refractivity (Wildman–Crippen MR) is 106 cm³/mol. The number of hydrogen-bond acceptors (Lipinski definition) is 7. The van der Waals surface area contributed by atoms with Gasteiger partial charge in [0.15, 0.2) is 5.16 Å². The summed E-state index contributed by atoms with van der Waals surface area (Å²) in [6, 6.07) is 10.6. The molecule has 0 atom stereocenters. The molecule has 0 unspecified atom stereocenters. The van der Waals surface area contributed by atoms with Crippen LogP contribution >= 0.6 is 11.8 Å². The molecule has 1 heterocycles. The zero-order valence-electron chi connectivity index (χ0n) is 15.4. The number of nitrogens with one attached hydrogen (secondary N) is 2. The van der Waals surface area contributed by atoms with E-state index in [9.17, 15) is 19.7 Å². The monoisotopic (exact) mass is 412 g/mol. The molecule has 10 nitrogen and oxygen atoms in total. The van der Waals surface area contributed by atoms with Gasteiger partial charge in [-0.05, 0) is 36.0 Å². The van der Waals surface area contributed by atoms with Crippen molar-refractivity contribution in [3.05, 3.63) is 70.0 Å². The lowest BCUT2D eigenvalue weighted by molar-refractivity contribution is -0.387. The van der Waals surface area contributed by atoms with E-state index in [1.807, 2.05) is 0 Å². The summed E-state index contributed by atoms with van der Waals surface area (Å²) in [6.45, 7) is 0. The van der Waals surface area contributed by atoms with Crippen LogP contribution in [0.2, 0.25) is 0 Å². The highest BCUT2D eigenvalue weighted by molar-refractivity contribution is 7.99. The SMILES string of the molecule is CNC(=O)c1ccccc1NC(=O)c1ccc(Sc2nncn2C)c([N+](=O)[O-])c1. The lowest BCUT2D eigenvalue weighted by Crippen LogP contribution is -2.21. The minimum atomic E-state index is -0.570. The highest BCUT2D eigenvalue weighted by Crippen LogP contribution is 2.34. The largest absolute Gasteiger partial charge is 0.355 e. The van der Waals surface area contributed by atoms with Gasteiger partial charge in [-0.3, -0.25) is 19.7 Å². The van der Waals surface area contributed by atoms with E-state index in [0.717, 1.165) is 11.8 Å². The number of rotatable bonds is 6. The summed E-state index contributed by atoms with van der Waals surface area (Å²) < 4.78 is 1.63. The molecule has 29 heavy (non-hydrogen) atoms. The molecule has 148 valence electrons. The highest BCUT2D eigenvalue weighted by atomic mass is 32.2. The molecule has 11 heteroatoms. The number of nitro groups is 1. The van der Waals surface area contributed by atoms with Crippen LogP contribution in [0.3, 0.4) is 0 Å². The Morgan fingerprint density at radius 1 is 1.17 bits per heavy atom. The smallest absolute Gasteiger partial charge is 0.284 e. The molecule has 2 N–H and O–H groups in total. The Balaban J connectivity index is 1.89. The summed E-state index contributed by atoms with van der Waals surface area (Å²) in [5.41, 5.74) is 0.445. The van der Waals surface area contributed by atoms with E-state index >= 15 is 0 Å². The summed E-state index contributed by atoms with van der Waals surface area (Å²) in [7, 11) is 3.21. The van der Waals surface area contributed by atoms with Crippen molar-refractivity contribution in [3.8, 4) is 0 Å². The Bertz CT molecular complexity index is 1100. The third-order valence-corrected chi connectivity index (χ3v) is 5.05. The number of amides is 2. The van der Waals surface area contributed by atoms with E-state index in [4.69, 9.17) is 0 Å². The zero-order valence-corrected chi connectivity index (χ0v) is 16.3. The fraction of sp³-hybridized carbons (Fsp3) is 0.111. The maximum Gasteiger partial charge on any atom is 0.284 e. The Labute approximate surface area is 169 Å². The highest BCUT2D eigenvalue weighted by Gasteiger charge is 2.21. The molecule has 0 saturated heterocycles. The Morgan fingerprint density at radius 3 is 2.59 bits per heavy atom. The van der Waals surface area contributed by atoms with E-state index in [2.05, 4.69) is 20.8 Å². The van der Waals surface area contributed by atoms with Gasteiger partial charge < -0.3 is 15.2 Å². The molecular weight excluding hydrogens is 396 g/mol. The van der Waals surface area contributed by atoms with Crippen LogP contribution < -0.4 is 10.6 Å². The van der Waals surface area contributed by atoms with Gasteiger partial charge in [0.25, 0.3) is 17.5 Å². The minimum absolute atomic E-state index is 0.0886. The van der Waals surface area contributed by atoms with Gasteiger partial charge in [-0.2, -0.15) is 0 Å². The van der Waals surface area contributed by atoms with Gasteiger partial charge in [0.2, 0.25) is 0 Å². The average Bonchev–Trinajstić information content (AvgIpc) is 3.12. The number of carbonyl (C=O) groups excluding carboxylic acids is 2. The molecule has 0 spiro atoms. The number of anilines is 1. The third-order valence-electron chi connectivity index (χ3n) is 3.94. The fourth-order valence-corrected chi connectivity index (χ4v) is 3.32. The molecule has 0 aliphatic heterocycles. The second-order valence-electron chi connectivity index (χ2n) is 5.84. The van der Waals surface area contributed by atoms with Gasteiger partial charge in [0.1, 0.15) is 6.33 Å². The number of benzene rings is 2. The quantitative estimate of drug-likeness (QED) is 0.469. The first-order valence-electron chi connectivity index (χ1n) is 8.33. The van der Waals surface area contributed by atoms with Crippen LogP contribution in [0.4, 0.5) is 11.4 Å². The van der Waals surface area contributed by atoms with Crippen molar-refractivity contribution in [1.82, 2.24) is 20.1 Å². The van der Waals surface area contributed by atoms with Gasteiger partial charge >= 0.3 is 0 Å². The number of para-hydroxylation sites is 1. The lowest BCUT2D eigenvalue weighted by Gasteiger charge is -2.10. The zero-order chi connectivity index (χ0) is 21.0. The van der Waals surface area contributed by atoms with Crippen LogP contribution in [-0.2, 0) is 7.05 Å². The summed E-state index contributed by atoms with van der Waals surface area (Å²) >= 11 is 1.07. The second kappa shape index (κ2) is 8.52. The summed E-state index contributed by atoms with van der Waals surface area (Å²) in [4.78, 5) is 35.9. The summed E-state index contributed by atoms with van der Waals surface area (Å²) in [5.74, 6) is -0.929. The van der Waals surface area contributed by atoms with Crippen LogP contribution in [0.5, 0.6) is 0 Å². The van der Waals surface area contributed by atoms with Gasteiger partial charge in [-0.25, -0.2) is 0 Å². The number of carbonyl (C=O) groups is 2. The van der Waals surface area contributed by atoms with Gasteiger partial charge in [0, 0.05) is 25.7 Å². The normalized spacial score (nSPS) is 10.4. The number of nitro benzene ring substituents is 1. The minimum Gasteiger partial charge on any atom is -0.355 e. The number of hydrogen-bond donors (Lipinski definition) is 2. The molecule has 2 amide bonds. The molecule has 0 bridgehead atoms. The van der Waals surface area contributed by atoms with Gasteiger partial charge in [-0.15, -0.1) is 10.2 Å². The third kappa shape index (κ3) is 4.41. The first-order valence-corrected chi connectivity index (χ1v) is 9.15. The molecule has 1 aromatic heterocycles. The van der Waals surface area contributed by atoms with Crippen LogP contribution in [0, 0.1) is 10.1 Å². The van der Waals surface area contributed by atoms with Crippen molar-refractivity contribution in [2.75, 3.05) is 12.4 Å². The number of aromatic nitrogens is 3. The Kier molecular flexibility index (Phi) is 5.88. The molecule has 3 rings (SSSR count). The van der Waals surface area contributed by atoms with Crippen LogP contribution in [0.25, 0.3) is 0 Å². The van der Waals surface area contributed by atoms with Crippen molar-refractivity contribution >= 4 is 35.0 Å². The molecule has 3 aromatic rings. The van der Waals surface area contributed by atoms with Crippen molar-refractivity contribution in [2.24, 2.45) is 7.05 Å². The molecule has 2 aromatic carbocycles. The molecular formula is C18H16N6O4S. The fourth-order valence-electron chi connectivity index (χ4n) is 2.47. The van der Waals surface area contributed by atoms with Crippen molar-refractivity contribution < 1.29 is 14.5 Å². The Morgan fingerprint density at radius 2 is 1.93 bits per heavy atom. The molecule has 0 saturated carbocycles. The van der Waals surface area contributed by atoms with E-state index < -0.39 is 10.8 Å². The van der Waals surface area contributed by atoms with Crippen LogP contribution in [0.1, 0.15) is 20.7 Å². The van der Waals surface area contributed by atoms with E-state index in [1.54, 1.807) is 35.9 Å². The summed E-state index contributed by atoms with van der Waals surface area (Å²) in [6.07, 6.45) is 1.49. The second-order valence-corrected chi connectivity index (χ2v) is 6.85. The standard InChI is InChI=1S/C18H16N6O4S/c1-19-17(26)12-5-3-4-6-13(12)21-16(25)11-7-8-15(14(9-11)24(27)28)29-18-22-20-10-23(18)2/h3-10H,1-2H3,(H,19,26)(H,21,25). The molecule has 0 aliphatic carbocycles. The van der Waals surface area contributed by atoms with Crippen molar-refractivity contribution in [3.63, 3.8) is 0 Å². The topological polar surface area (TPSA) is 132 Å².